The smallest absolute Gasteiger partial charge is 0.253 e. The quantitative estimate of drug-likeness (QED) is 0.890. The van der Waals surface area contributed by atoms with Gasteiger partial charge in [0.05, 0.1) is 6.54 Å². The Hall–Kier alpha value is -1.88. The third kappa shape index (κ3) is 4.32. The topological polar surface area (TPSA) is 52.7 Å². The second kappa shape index (κ2) is 7.13. The number of rotatable bonds is 5. The zero-order valence-electron chi connectivity index (χ0n) is 13.8. The molecule has 23 heavy (non-hydrogen) atoms. The first kappa shape index (κ1) is 16.0. The van der Waals surface area contributed by atoms with Crippen molar-refractivity contribution in [2.24, 2.45) is 5.92 Å². The van der Waals surface area contributed by atoms with Gasteiger partial charge in [0.1, 0.15) is 0 Å². The molecule has 1 N–H and O–H groups in total. The van der Waals surface area contributed by atoms with Crippen molar-refractivity contribution in [1.29, 1.82) is 0 Å². The lowest BCUT2D eigenvalue weighted by molar-refractivity contribution is -0.131. The zero-order chi connectivity index (χ0) is 16.2. The molecule has 1 aliphatic heterocycles. The van der Waals surface area contributed by atoms with E-state index in [1.165, 1.54) is 12.8 Å². The lowest BCUT2D eigenvalue weighted by Gasteiger charge is -2.35. The van der Waals surface area contributed by atoms with Crippen LogP contribution >= 0.6 is 0 Å². The summed E-state index contributed by atoms with van der Waals surface area (Å²) in [6.45, 7) is 5.86. The molecule has 124 valence electrons. The van der Waals surface area contributed by atoms with Gasteiger partial charge in [0.25, 0.3) is 5.91 Å². The number of piperazine rings is 1. The molecule has 0 unspecified atom stereocenters. The van der Waals surface area contributed by atoms with Gasteiger partial charge in [0.2, 0.25) is 5.91 Å². The largest absolute Gasteiger partial charge is 0.338 e. The Morgan fingerprint density at radius 2 is 1.65 bits per heavy atom. The van der Waals surface area contributed by atoms with Crippen LogP contribution in [0.15, 0.2) is 24.3 Å². The van der Waals surface area contributed by atoms with E-state index in [1.54, 1.807) is 0 Å². The molecule has 0 atom stereocenters. The summed E-state index contributed by atoms with van der Waals surface area (Å²) in [7, 11) is 0. The van der Waals surface area contributed by atoms with Crippen LogP contribution in [0.25, 0.3) is 0 Å². The highest BCUT2D eigenvalue weighted by Gasteiger charge is 2.25. The number of nitrogens with one attached hydrogen (secondary N) is 1. The Balaban J connectivity index is 1.44. The molecule has 5 nitrogen and oxygen atoms in total. The number of carbonyl (C=O) groups is 2. The van der Waals surface area contributed by atoms with Crippen LogP contribution in [0.2, 0.25) is 0 Å². The van der Waals surface area contributed by atoms with Crippen molar-refractivity contribution in [3.05, 3.63) is 35.4 Å². The molecule has 1 aromatic rings. The minimum Gasteiger partial charge on any atom is -0.338 e. The first-order valence-corrected chi connectivity index (χ1v) is 8.48. The number of hydrogen-bond acceptors (Lipinski definition) is 3. The van der Waals surface area contributed by atoms with E-state index >= 15 is 0 Å². The second-order valence-electron chi connectivity index (χ2n) is 6.61. The summed E-state index contributed by atoms with van der Waals surface area (Å²) in [5, 5.41) is 3.24. The molecule has 1 aromatic carbocycles. The van der Waals surface area contributed by atoms with Crippen LogP contribution in [0.5, 0.6) is 0 Å². The molecule has 2 aliphatic rings. The Labute approximate surface area is 137 Å². The molecule has 1 aliphatic carbocycles. The molecule has 0 aromatic heterocycles. The third-order valence-corrected chi connectivity index (χ3v) is 4.62. The fourth-order valence-corrected chi connectivity index (χ4v) is 2.85. The number of benzene rings is 1. The van der Waals surface area contributed by atoms with Crippen molar-refractivity contribution in [3.63, 3.8) is 0 Å². The minimum absolute atomic E-state index is 0.0592. The van der Waals surface area contributed by atoms with Gasteiger partial charge < -0.3 is 15.1 Å². The summed E-state index contributed by atoms with van der Waals surface area (Å²) in [5.41, 5.74) is 1.87. The van der Waals surface area contributed by atoms with E-state index < -0.39 is 0 Å². The Kier molecular flexibility index (Phi) is 4.96. The average Bonchev–Trinajstić information content (AvgIpc) is 3.39. The van der Waals surface area contributed by atoms with E-state index in [4.69, 9.17) is 0 Å². The fourth-order valence-electron chi connectivity index (χ4n) is 2.85. The van der Waals surface area contributed by atoms with Crippen molar-refractivity contribution in [2.45, 2.75) is 19.8 Å². The van der Waals surface area contributed by atoms with Crippen LogP contribution in [0, 0.1) is 12.8 Å². The van der Waals surface area contributed by atoms with E-state index in [-0.39, 0.29) is 11.8 Å². The van der Waals surface area contributed by atoms with Crippen LogP contribution in [-0.2, 0) is 4.79 Å². The Morgan fingerprint density at radius 1 is 1.04 bits per heavy atom. The normalized spacial score (nSPS) is 18.1. The maximum absolute atomic E-state index is 12.5. The van der Waals surface area contributed by atoms with Crippen molar-refractivity contribution in [2.75, 3.05) is 39.3 Å². The highest BCUT2D eigenvalue weighted by atomic mass is 16.2. The van der Waals surface area contributed by atoms with E-state index in [0.29, 0.717) is 32.7 Å². The Bertz CT molecular complexity index is 558. The van der Waals surface area contributed by atoms with E-state index in [2.05, 4.69) is 5.32 Å². The molecule has 0 bridgehead atoms. The fraction of sp³-hybridized carbons (Fsp3) is 0.556. The number of amides is 2. The lowest BCUT2D eigenvalue weighted by Crippen LogP contribution is -2.52. The molecule has 2 amide bonds. The highest BCUT2D eigenvalue weighted by Crippen LogP contribution is 2.27. The highest BCUT2D eigenvalue weighted by molar-refractivity contribution is 5.94. The number of hydrogen-bond donors (Lipinski definition) is 1. The van der Waals surface area contributed by atoms with E-state index in [1.807, 2.05) is 41.0 Å². The van der Waals surface area contributed by atoms with E-state index in [0.717, 1.165) is 23.6 Å². The minimum atomic E-state index is 0.0592. The van der Waals surface area contributed by atoms with Gasteiger partial charge >= 0.3 is 0 Å². The number of aryl methyl sites for hydroxylation is 1. The lowest BCUT2D eigenvalue weighted by atomic mass is 10.1. The van der Waals surface area contributed by atoms with Crippen LogP contribution in [0.4, 0.5) is 0 Å². The van der Waals surface area contributed by atoms with Gasteiger partial charge in [-0.15, -0.1) is 0 Å². The Morgan fingerprint density at radius 3 is 2.26 bits per heavy atom. The molecule has 5 heteroatoms. The van der Waals surface area contributed by atoms with Crippen molar-refractivity contribution >= 4 is 11.8 Å². The summed E-state index contributed by atoms with van der Waals surface area (Å²) in [5.74, 6) is 0.990. The van der Waals surface area contributed by atoms with Crippen LogP contribution < -0.4 is 5.32 Å². The predicted octanol–water partition coefficient (Wildman–Crippen LogP) is 1.28. The molecular formula is C18H25N3O2. The molecule has 2 fully saturated rings. The van der Waals surface area contributed by atoms with Crippen molar-refractivity contribution in [1.82, 2.24) is 15.1 Å². The van der Waals surface area contributed by atoms with Gasteiger partial charge in [-0.05, 0) is 44.4 Å². The van der Waals surface area contributed by atoms with Crippen LogP contribution in [-0.4, -0.2) is 60.9 Å². The van der Waals surface area contributed by atoms with Crippen LogP contribution in [0.1, 0.15) is 28.8 Å². The maximum atomic E-state index is 12.5. The first-order valence-electron chi connectivity index (χ1n) is 8.48. The average molecular weight is 315 g/mol. The SMILES string of the molecule is Cc1ccc(C(=O)N2CCN(C(=O)CNCC3CC3)CC2)cc1. The molecular weight excluding hydrogens is 290 g/mol. The molecule has 1 saturated carbocycles. The van der Waals surface area contributed by atoms with Gasteiger partial charge in [-0.3, -0.25) is 9.59 Å². The second-order valence-corrected chi connectivity index (χ2v) is 6.61. The summed E-state index contributed by atoms with van der Waals surface area (Å²) in [6.07, 6.45) is 2.59. The monoisotopic (exact) mass is 315 g/mol. The standard InChI is InChI=1S/C18H25N3O2/c1-14-2-6-16(7-3-14)18(23)21-10-8-20(9-11-21)17(22)13-19-12-15-4-5-15/h2-3,6-7,15,19H,4-5,8-13H2,1H3. The number of carbonyl (C=O) groups excluding carboxylic acids is 2. The number of nitrogens with zero attached hydrogens (tertiary/aromatic N) is 2. The maximum Gasteiger partial charge on any atom is 0.253 e. The summed E-state index contributed by atoms with van der Waals surface area (Å²) < 4.78 is 0. The molecule has 3 rings (SSSR count). The molecule has 1 saturated heterocycles. The van der Waals surface area contributed by atoms with Gasteiger partial charge in [-0.2, -0.15) is 0 Å². The van der Waals surface area contributed by atoms with Gasteiger partial charge in [0, 0.05) is 31.7 Å². The summed E-state index contributed by atoms with van der Waals surface area (Å²) in [6, 6.07) is 7.66. The van der Waals surface area contributed by atoms with E-state index in [9.17, 15) is 9.59 Å². The van der Waals surface area contributed by atoms with Crippen molar-refractivity contribution < 1.29 is 9.59 Å². The summed E-state index contributed by atoms with van der Waals surface area (Å²) in [4.78, 5) is 28.3. The third-order valence-electron chi connectivity index (χ3n) is 4.62. The molecule has 0 spiro atoms. The first-order chi connectivity index (χ1) is 11.1. The zero-order valence-corrected chi connectivity index (χ0v) is 13.8. The predicted molar refractivity (Wildman–Crippen MR) is 89.3 cm³/mol. The van der Waals surface area contributed by atoms with Gasteiger partial charge in [0.15, 0.2) is 0 Å². The molecule has 1 heterocycles. The molecule has 0 radical (unpaired) electrons. The summed E-state index contributed by atoms with van der Waals surface area (Å²) >= 11 is 0. The van der Waals surface area contributed by atoms with Crippen LogP contribution in [0.3, 0.4) is 0 Å². The van der Waals surface area contributed by atoms with Gasteiger partial charge in [-0.1, -0.05) is 17.7 Å². The van der Waals surface area contributed by atoms with Crippen molar-refractivity contribution in [3.8, 4) is 0 Å². The van der Waals surface area contributed by atoms with Gasteiger partial charge in [-0.25, -0.2) is 0 Å².